The number of hydrogen-bond acceptors (Lipinski definition) is 5. The molecule has 3 N–H and O–H groups in total. The molecule has 0 saturated heterocycles. The minimum atomic E-state index is -0.630. The number of anilines is 2. The molecule has 26 heavy (non-hydrogen) atoms. The van der Waals surface area contributed by atoms with Gasteiger partial charge in [-0.1, -0.05) is 19.9 Å². The van der Waals surface area contributed by atoms with Gasteiger partial charge in [0.25, 0.3) is 11.5 Å². The van der Waals surface area contributed by atoms with Gasteiger partial charge >= 0.3 is 0 Å². The van der Waals surface area contributed by atoms with Crippen LogP contribution in [0, 0.1) is 12.7 Å². The summed E-state index contributed by atoms with van der Waals surface area (Å²) in [5.74, 6) is -1.13. The van der Waals surface area contributed by atoms with Crippen LogP contribution in [0.3, 0.4) is 0 Å². The summed E-state index contributed by atoms with van der Waals surface area (Å²) in [7, 11) is 1.49. The van der Waals surface area contributed by atoms with E-state index in [0.717, 1.165) is 5.56 Å². The molecule has 8 heteroatoms. The second-order valence-corrected chi connectivity index (χ2v) is 5.16. The lowest BCUT2D eigenvalue weighted by Gasteiger charge is -2.14. The number of hydroxylamine groups is 1. The molecule has 0 saturated carbocycles. The minimum absolute atomic E-state index is 0.0765. The summed E-state index contributed by atoms with van der Waals surface area (Å²) in [5, 5.41) is 11.4. The topological polar surface area (TPSA) is 92.6 Å². The molecule has 0 radical (unpaired) electrons. The summed E-state index contributed by atoms with van der Waals surface area (Å²) < 4.78 is 15.2. The van der Waals surface area contributed by atoms with Gasteiger partial charge in [0.05, 0.1) is 30.2 Å². The van der Waals surface area contributed by atoms with Crippen molar-refractivity contribution >= 4 is 17.3 Å². The highest BCUT2D eigenvalue weighted by Gasteiger charge is 2.15. The smallest absolute Gasteiger partial charge is 0.278 e. The Morgan fingerprint density at radius 2 is 1.96 bits per heavy atom. The summed E-state index contributed by atoms with van der Waals surface area (Å²) in [4.78, 5) is 28.8. The highest BCUT2D eigenvalue weighted by Crippen LogP contribution is 2.22. The Morgan fingerprint density at radius 1 is 1.27 bits per heavy atom. The van der Waals surface area contributed by atoms with Crippen molar-refractivity contribution in [3.05, 3.63) is 57.8 Å². The predicted octanol–water partition coefficient (Wildman–Crippen LogP) is 2.26. The number of hydrogen-bond donors (Lipinski definition) is 3. The average molecular weight is 365 g/mol. The third kappa shape index (κ3) is 5.68. The van der Waals surface area contributed by atoms with Gasteiger partial charge in [0, 0.05) is 19.3 Å². The van der Waals surface area contributed by atoms with Crippen LogP contribution in [0.15, 0.2) is 35.3 Å². The minimum Gasteiger partial charge on any atom is -0.394 e. The van der Waals surface area contributed by atoms with E-state index in [0.29, 0.717) is 0 Å². The van der Waals surface area contributed by atoms with Crippen molar-refractivity contribution in [1.82, 2.24) is 10.0 Å². The molecular weight excluding hydrogens is 341 g/mol. The molecule has 0 fully saturated rings. The maximum atomic E-state index is 14.0. The zero-order valence-corrected chi connectivity index (χ0v) is 15.3. The third-order valence-corrected chi connectivity index (χ3v) is 3.23. The maximum Gasteiger partial charge on any atom is 0.278 e. The Hall–Kier alpha value is -2.71. The molecule has 1 heterocycles. The zero-order chi connectivity index (χ0) is 19.7. The fourth-order valence-corrected chi connectivity index (χ4v) is 2.00. The van der Waals surface area contributed by atoms with Crippen molar-refractivity contribution in [1.29, 1.82) is 0 Å². The fraction of sp³-hybridized carbons (Fsp3) is 0.333. The molecule has 1 amide bonds. The molecule has 0 unspecified atom stereocenters. The van der Waals surface area contributed by atoms with E-state index in [1.165, 1.54) is 36.0 Å². The number of halogens is 1. The number of aliphatic hydroxyl groups is 1. The molecule has 0 aliphatic heterocycles. The van der Waals surface area contributed by atoms with Crippen LogP contribution in [0.2, 0.25) is 0 Å². The lowest BCUT2D eigenvalue weighted by atomic mass is 10.2. The van der Waals surface area contributed by atoms with Crippen molar-refractivity contribution < 1.29 is 19.1 Å². The van der Waals surface area contributed by atoms with Crippen LogP contribution in [0.1, 0.15) is 29.8 Å². The average Bonchev–Trinajstić information content (AvgIpc) is 2.62. The fourth-order valence-electron chi connectivity index (χ4n) is 2.00. The van der Waals surface area contributed by atoms with E-state index >= 15 is 0 Å². The van der Waals surface area contributed by atoms with Gasteiger partial charge in [0.1, 0.15) is 5.82 Å². The Morgan fingerprint density at radius 3 is 2.58 bits per heavy atom. The third-order valence-electron chi connectivity index (χ3n) is 3.23. The molecule has 7 nitrogen and oxygen atoms in total. The van der Waals surface area contributed by atoms with Crippen LogP contribution < -0.4 is 16.4 Å². The number of carbonyl (C=O) groups is 1. The van der Waals surface area contributed by atoms with Crippen molar-refractivity contribution in [3.63, 3.8) is 0 Å². The van der Waals surface area contributed by atoms with E-state index < -0.39 is 11.7 Å². The van der Waals surface area contributed by atoms with Crippen molar-refractivity contribution in [2.75, 3.05) is 18.5 Å². The number of amides is 1. The summed E-state index contributed by atoms with van der Waals surface area (Å²) >= 11 is 0. The van der Waals surface area contributed by atoms with Crippen LogP contribution in [0.4, 0.5) is 15.8 Å². The number of aryl methyl sites for hydroxylation is 2. The van der Waals surface area contributed by atoms with Crippen LogP contribution >= 0.6 is 0 Å². The van der Waals surface area contributed by atoms with E-state index in [4.69, 9.17) is 9.94 Å². The van der Waals surface area contributed by atoms with E-state index in [1.807, 2.05) is 13.8 Å². The highest BCUT2D eigenvalue weighted by molar-refractivity contribution is 5.99. The Bertz CT molecular complexity index is 806. The number of carbonyl (C=O) groups excluding carboxylic acids is 1. The number of rotatable bonds is 6. The Balaban J connectivity index is 0.00000163. The first-order valence-electron chi connectivity index (χ1n) is 8.19. The van der Waals surface area contributed by atoms with Gasteiger partial charge in [-0.05, 0) is 24.6 Å². The summed E-state index contributed by atoms with van der Waals surface area (Å²) in [6.07, 6.45) is 1.31. The molecule has 0 aliphatic rings. The van der Waals surface area contributed by atoms with Gasteiger partial charge < -0.3 is 15.0 Å². The summed E-state index contributed by atoms with van der Waals surface area (Å²) in [5.41, 5.74) is 2.91. The second-order valence-electron chi connectivity index (χ2n) is 5.16. The number of aromatic nitrogens is 1. The molecule has 0 spiro atoms. The zero-order valence-electron chi connectivity index (χ0n) is 15.3. The van der Waals surface area contributed by atoms with Crippen LogP contribution in [-0.2, 0) is 11.9 Å². The molecule has 142 valence electrons. The Labute approximate surface area is 151 Å². The first-order chi connectivity index (χ1) is 12.4. The molecule has 0 atom stereocenters. The number of benzene rings is 1. The van der Waals surface area contributed by atoms with Gasteiger partial charge in [0.2, 0.25) is 0 Å². The van der Waals surface area contributed by atoms with Crippen molar-refractivity contribution in [2.24, 2.45) is 7.05 Å². The largest absolute Gasteiger partial charge is 0.394 e. The molecule has 0 bridgehead atoms. The number of nitrogens with one attached hydrogen (secondary N) is 2. The van der Waals surface area contributed by atoms with Crippen LogP contribution in [0.5, 0.6) is 0 Å². The van der Waals surface area contributed by atoms with Crippen LogP contribution in [0.25, 0.3) is 0 Å². The van der Waals surface area contributed by atoms with E-state index in [9.17, 15) is 14.0 Å². The molecule has 0 aliphatic carbocycles. The maximum absolute atomic E-state index is 14.0. The molecule has 1 aromatic heterocycles. The van der Waals surface area contributed by atoms with E-state index in [1.54, 1.807) is 13.0 Å². The quantitative estimate of drug-likeness (QED) is 0.539. The first-order valence-corrected chi connectivity index (χ1v) is 8.19. The number of aliphatic hydroxyl groups excluding tert-OH is 1. The van der Waals surface area contributed by atoms with Crippen molar-refractivity contribution in [3.8, 4) is 0 Å². The highest BCUT2D eigenvalue weighted by atomic mass is 19.1. The first kappa shape index (κ1) is 21.3. The Kier molecular flexibility index (Phi) is 8.47. The molecule has 1 aromatic carbocycles. The standard InChI is InChI=1S/C16H18FN3O4.C2H6/c1-10-3-4-13(12(17)7-10)18-14-8-15(22)20(2)9-11(14)16(23)19-24-6-5-21;1-2/h3-4,7-9,18,21H,5-6H2,1-2H3,(H,19,23);1-2H3. The van der Waals surface area contributed by atoms with Gasteiger partial charge in [-0.15, -0.1) is 0 Å². The molecule has 2 rings (SSSR count). The van der Waals surface area contributed by atoms with Crippen molar-refractivity contribution in [2.45, 2.75) is 20.8 Å². The van der Waals surface area contributed by atoms with Crippen LogP contribution in [-0.4, -0.2) is 28.8 Å². The van der Waals surface area contributed by atoms with Gasteiger partial charge in [-0.25, -0.2) is 9.87 Å². The lowest BCUT2D eigenvalue weighted by molar-refractivity contribution is 0.0168. The number of nitrogens with zero attached hydrogens (tertiary/aromatic N) is 1. The van der Waals surface area contributed by atoms with E-state index in [2.05, 4.69) is 10.8 Å². The second kappa shape index (κ2) is 10.3. The number of pyridine rings is 1. The van der Waals surface area contributed by atoms with Gasteiger partial charge in [-0.2, -0.15) is 0 Å². The monoisotopic (exact) mass is 365 g/mol. The normalized spacial score (nSPS) is 9.92. The summed E-state index contributed by atoms with van der Waals surface area (Å²) in [6.45, 7) is 5.42. The summed E-state index contributed by atoms with van der Waals surface area (Å²) in [6, 6.07) is 5.76. The predicted molar refractivity (Wildman–Crippen MR) is 98.0 cm³/mol. The molecule has 2 aromatic rings. The van der Waals surface area contributed by atoms with E-state index in [-0.39, 0.29) is 35.7 Å². The van der Waals surface area contributed by atoms with Gasteiger partial charge in [0.15, 0.2) is 0 Å². The lowest BCUT2D eigenvalue weighted by Crippen LogP contribution is -2.28. The van der Waals surface area contributed by atoms with Gasteiger partial charge in [-0.3, -0.25) is 14.4 Å². The molecular formula is C18H24FN3O4. The SMILES string of the molecule is CC.Cc1ccc(Nc2cc(=O)n(C)cc2C(=O)NOCCO)c(F)c1.